The van der Waals surface area contributed by atoms with E-state index in [1.807, 2.05) is 12.1 Å². The van der Waals surface area contributed by atoms with E-state index < -0.39 is 0 Å². The lowest BCUT2D eigenvalue weighted by Gasteiger charge is -2.04. The summed E-state index contributed by atoms with van der Waals surface area (Å²) in [6, 6.07) is 7.76. The van der Waals surface area contributed by atoms with Crippen LogP contribution < -0.4 is 0 Å². The van der Waals surface area contributed by atoms with Crippen LogP contribution in [0.1, 0.15) is 24.8 Å². The van der Waals surface area contributed by atoms with Crippen molar-refractivity contribution in [1.82, 2.24) is 9.55 Å². The number of nitrogens with one attached hydrogen (secondary N) is 1. The molecule has 4 nitrogen and oxygen atoms in total. The minimum Gasteiger partial charge on any atom is -0.385 e. The Morgan fingerprint density at radius 1 is 1.37 bits per heavy atom. The molecule has 0 radical (unpaired) electrons. The maximum Gasteiger partial charge on any atom is 0.178 e. The Morgan fingerprint density at radius 2 is 2.21 bits per heavy atom. The lowest BCUT2D eigenvalue weighted by Crippen LogP contribution is -1.99. The highest BCUT2D eigenvalue weighted by atomic mass is 32.1. The molecule has 0 saturated carbocycles. The van der Waals surface area contributed by atoms with E-state index in [1.54, 1.807) is 13.2 Å². The molecule has 0 bridgehead atoms. The first-order valence-electron chi connectivity index (χ1n) is 6.38. The van der Waals surface area contributed by atoms with E-state index >= 15 is 0 Å². The number of ether oxygens (including phenoxy) is 1. The van der Waals surface area contributed by atoms with Crippen molar-refractivity contribution in [3.8, 4) is 6.07 Å². The number of rotatable bonds is 6. The number of H-pyrrole nitrogens is 1. The largest absolute Gasteiger partial charge is 0.385 e. The number of unbranched alkanes of at least 4 members (excludes halogenated alkanes) is 2. The van der Waals surface area contributed by atoms with Crippen LogP contribution in [0.25, 0.3) is 11.0 Å². The van der Waals surface area contributed by atoms with E-state index in [-0.39, 0.29) is 0 Å². The van der Waals surface area contributed by atoms with Crippen LogP contribution in [0, 0.1) is 16.1 Å². The molecule has 1 aromatic heterocycles. The third-order valence-electron chi connectivity index (χ3n) is 3.13. The molecule has 0 aliphatic rings. The quantitative estimate of drug-likeness (QED) is 0.649. The van der Waals surface area contributed by atoms with Crippen molar-refractivity contribution < 1.29 is 4.74 Å². The van der Waals surface area contributed by atoms with Crippen molar-refractivity contribution in [2.75, 3.05) is 13.7 Å². The minimum atomic E-state index is 0.662. The number of hydrogen-bond donors (Lipinski definition) is 1. The molecule has 0 aliphatic carbocycles. The Labute approximate surface area is 117 Å². The second kappa shape index (κ2) is 6.50. The number of aromatic amines is 1. The summed E-state index contributed by atoms with van der Waals surface area (Å²) in [5, 5.41) is 8.96. The average molecular weight is 275 g/mol. The number of aryl methyl sites for hydroxylation is 1. The lowest BCUT2D eigenvalue weighted by atomic mass is 10.2. The van der Waals surface area contributed by atoms with E-state index in [0.717, 1.165) is 48.2 Å². The van der Waals surface area contributed by atoms with Crippen molar-refractivity contribution in [2.24, 2.45) is 0 Å². The van der Waals surface area contributed by atoms with Gasteiger partial charge in [-0.1, -0.05) is 0 Å². The minimum absolute atomic E-state index is 0.662. The van der Waals surface area contributed by atoms with Gasteiger partial charge in [0.2, 0.25) is 0 Å². The van der Waals surface area contributed by atoms with Gasteiger partial charge in [-0.15, -0.1) is 0 Å². The second-order valence-electron chi connectivity index (χ2n) is 4.48. The summed E-state index contributed by atoms with van der Waals surface area (Å²) in [6.45, 7) is 1.68. The SMILES string of the molecule is COCCCCCn1c(=S)[nH]c2ccc(C#N)cc21. The van der Waals surface area contributed by atoms with Gasteiger partial charge in [0.1, 0.15) is 0 Å². The van der Waals surface area contributed by atoms with Crippen molar-refractivity contribution in [1.29, 1.82) is 5.26 Å². The molecular weight excluding hydrogens is 258 g/mol. The van der Waals surface area contributed by atoms with Gasteiger partial charge in [0.05, 0.1) is 22.7 Å². The van der Waals surface area contributed by atoms with E-state index in [2.05, 4.69) is 15.6 Å². The van der Waals surface area contributed by atoms with Gasteiger partial charge in [-0.2, -0.15) is 5.26 Å². The molecule has 1 heterocycles. The molecule has 0 aliphatic heterocycles. The van der Waals surface area contributed by atoms with Crippen molar-refractivity contribution in [2.45, 2.75) is 25.8 Å². The summed E-state index contributed by atoms with van der Waals surface area (Å²) in [6.07, 6.45) is 3.23. The zero-order valence-electron chi connectivity index (χ0n) is 11.0. The molecule has 0 amide bonds. The Morgan fingerprint density at radius 3 is 2.95 bits per heavy atom. The molecule has 0 fully saturated rings. The van der Waals surface area contributed by atoms with Crippen molar-refractivity contribution in [3.05, 3.63) is 28.5 Å². The summed E-state index contributed by atoms with van der Waals surface area (Å²) in [5.74, 6) is 0. The van der Waals surface area contributed by atoms with Gasteiger partial charge >= 0.3 is 0 Å². The molecule has 100 valence electrons. The summed E-state index contributed by atoms with van der Waals surface area (Å²) in [4.78, 5) is 3.17. The van der Waals surface area contributed by atoms with E-state index in [1.165, 1.54) is 0 Å². The summed E-state index contributed by atoms with van der Waals surface area (Å²) in [7, 11) is 1.72. The van der Waals surface area contributed by atoms with E-state index in [0.29, 0.717) is 5.56 Å². The zero-order valence-corrected chi connectivity index (χ0v) is 11.8. The van der Waals surface area contributed by atoms with Gasteiger partial charge in [-0.25, -0.2) is 0 Å². The maximum atomic E-state index is 8.96. The number of imidazole rings is 1. The monoisotopic (exact) mass is 275 g/mol. The van der Waals surface area contributed by atoms with Crippen LogP contribution in [-0.2, 0) is 11.3 Å². The van der Waals surface area contributed by atoms with Crippen LogP contribution in [0.2, 0.25) is 0 Å². The standard InChI is InChI=1S/C14H17N3OS/c1-18-8-4-2-3-7-17-13-9-11(10-15)5-6-12(13)16-14(17)19/h5-6,9H,2-4,7-8H2,1H3,(H,16,19). The molecule has 2 aromatic rings. The third-order valence-corrected chi connectivity index (χ3v) is 3.46. The number of nitrogens with zero attached hydrogens (tertiary/aromatic N) is 2. The first-order chi connectivity index (χ1) is 9.26. The topological polar surface area (TPSA) is 53.7 Å². The molecule has 0 unspecified atom stereocenters. The third kappa shape index (κ3) is 3.22. The Kier molecular flexibility index (Phi) is 4.72. The fourth-order valence-electron chi connectivity index (χ4n) is 2.14. The highest BCUT2D eigenvalue weighted by molar-refractivity contribution is 7.71. The number of fused-ring (bicyclic) bond motifs is 1. The van der Waals surface area contributed by atoms with Gasteiger partial charge in [0, 0.05) is 20.3 Å². The Balaban J connectivity index is 2.15. The molecule has 0 atom stereocenters. The Bertz CT molecular complexity index is 651. The van der Waals surface area contributed by atoms with Crippen LogP contribution in [0.15, 0.2) is 18.2 Å². The predicted molar refractivity (Wildman–Crippen MR) is 77.6 cm³/mol. The number of hydrogen-bond acceptors (Lipinski definition) is 3. The van der Waals surface area contributed by atoms with E-state index in [9.17, 15) is 0 Å². The van der Waals surface area contributed by atoms with Gasteiger partial charge in [-0.3, -0.25) is 0 Å². The molecule has 2 rings (SSSR count). The van der Waals surface area contributed by atoms with Crippen LogP contribution in [0.5, 0.6) is 0 Å². The van der Waals surface area contributed by atoms with Gasteiger partial charge in [0.25, 0.3) is 0 Å². The first-order valence-corrected chi connectivity index (χ1v) is 6.78. The smallest absolute Gasteiger partial charge is 0.178 e. The maximum absolute atomic E-state index is 8.96. The molecule has 0 saturated heterocycles. The predicted octanol–water partition coefficient (Wildman–Crippen LogP) is 3.39. The molecule has 0 spiro atoms. The number of methoxy groups -OCH3 is 1. The summed E-state index contributed by atoms with van der Waals surface area (Å²) < 4.78 is 7.82. The van der Waals surface area contributed by atoms with Crippen LogP contribution in [0.4, 0.5) is 0 Å². The van der Waals surface area contributed by atoms with Gasteiger partial charge < -0.3 is 14.3 Å². The molecule has 19 heavy (non-hydrogen) atoms. The average Bonchev–Trinajstić information content (AvgIpc) is 2.74. The van der Waals surface area contributed by atoms with Crippen LogP contribution in [-0.4, -0.2) is 23.3 Å². The highest BCUT2D eigenvalue weighted by Crippen LogP contribution is 2.17. The van der Waals surface area contributed by atoms with Crippen LogP contribution in [0.3, 0.4) is 0 Å². The summed E-state index contributed by atoms with van der Waals surface area (Å²) in [5.41, 5.74) is 2.66. The second-order valence-corrected chi connectivity index (χ2v) is 4.87. The van der Waals surface area contributed by atoms with Crippen molar-refractivity contribution >= 4 is 23.3 Å². The summed E-state index contributed by atoms with van der Waals surface area (Å²) >= 11 is 5.33. The van der Waals surface area contributed by atoms with Gasteiger partial charge in [0.15, 0.2) is 4.77 Å². The van der Waals surface area contributed by atoms with Crippen LogP contribution >= 0.6 is 12.2 Å². The van der Waals surface area contributed by atoms with E-state index in [4.69, 9.17) is 22.2 Å². The first kappa shape index (κ1) is 13.8. The van der Waals surface area contributed by atoms with Crippen molar-refractivity contribution in [3.63, 3.8) is 0 Å². The lowest BCUT2D eigenvalue weighted by molar-refractivity contribution is 0.191. The molecule has 1 N–H and O–H groups in total. The fraction of sp³-hybridized carbons (Fsp3) is 0.429. The number of aromatic nitrogens is 2. The number of nitriles is 1. The highest BCUT2D eigenvalue weighted by Gasteiger charge is 2.05. The molecular formula is C14H17N3OS. The molecule has 1 aromatic carbocycles. The normalized spacial score (nSPS) is 10.7. The zero-order chi connectivity index (χ0) is 13.7. The Hall–Kier alpha value is -1.64. The fourth-order valence-corrected chi connectivity index (χ4v) is 2.44. The molecule has 5 heteroatoms. The number of benzene rings is 1. The van der Waals surface area contributed by atoms with Gasteiger partial charge in [-0.05, 0) is 49.7 Å².